The van der Waals surface area contributed by atoms with Crippen LogP contribution in [0.1, 0.15) is 11.8 Å². The van der Waals surface area contributed by atoms with Crippen LogP contribution in [-0.4, -0.2) is 59.3 Å². The summed E-state index contributed by atoms with van der Waals surface area (Å²) in [5.74, 6) is 2.06. The minimum atomic E-state index is 0.621. The maximum Gasteiger partial charge on any atom is 0.230 e. The van der Waals surface area contributed by atoms with Gasteiger partial charge in [0.05, 0.1) is 11.6 Å². The van der Waals surface area contributed by atoms with Crippen LogP contribution in [-0.2, 0) is 6.54 Å². The lowest BCUT2D eigenvalue weighted by atomic mass is 10.3. The van der Waals surface area contributed by atoms with Gasteiger partial charge in [0.1, 0.15) is 12.4 Å². The molecule has 0 spiro atoms. The first-order valence-corrected chi connectivity index (χ1v) is 8.19. The molecule has 1 aromatic carbocycles. The minimum Gasteiger partial charge on any atom is -0.491 e. The Labute approximate surface area is 141 Å². The second kappa shape index (κ2) is 7.77. The Morgan fingerprint density at radius 3 is 2.57 bits per heavy atom. The average Bonchev–Trinajstić information content (AvgIpc) is 2.96. The molecule has 124 valence electrons. The Morgan fingerprint density at radius 2 is 1.87 bits per heavy atom. The second-order valence-electron chi connectivity index (χ2n) is 5.61. The molecule has 0 bridgehead atoms. The van der Waals surface area contributed by atoms with Crippen LogP contribution >= 0.6 is 11.6 Å². The van der Waals surface area contributed by atoms with Gasteiger partial charge in [-0.1, -0.05) is 23.7 Å². The molecular weight excluding hydrogens is 316 g/mol. The van der Waals surface area contributed by atoms with Crippen molar-refractivity contribution in [1.29, 1.82) is 0 Å². The molecule has 3 rings (SSSR count). The van der Waals surface area contributed by atoms with E-state index in [-0.39, 0.29) is 0 Å². The number of piperazine rings is 1. The summed E-state index contributed by atoms with van der Waals surface area (Å²) in [6, 6.07) is 7.57. The average molecular weight is 337 g/mol. The molecule has 0 amide bonds. The number of aryl methyl sites for hydroxylation is 1. The van der Waals surface area contributed by atoms with E-state index in [1.165, 1.54) is 0 Å². The molecule has 1 aromatic heterocycles. The van der Waals surface area contributed by atoms with Gasteiger partial charge in [0.15, 0.2) is 0 Å². The number of ether oxygens (including phenoxy) is 1. The van der Waals surface area contributed by atoms with Crippen molar-refractivity contribution in [2.75, 3.05) is 39.3 Å². The monoisotopic (exact) mass is 336 g/mol. The molecule has 23 heavy (non-hydrogen) atoms. The molecule has 0 saturated carbocycles. The molecule has 0 N–H and O–H groups in total. The lowest BCUT2D eigenvalue weighted by Crippen LogP contribution is -2.47. The Morgan fingerprint density at radius 1 is 1.13 bits per heavy atom. The van der Waals surface area contributed by atoms with E-state index in [9.17, 15) is 0 Å². The largest absolute Gasteiger partial charge is 0.491 e. The number of halogens is 1. The number of nitrogens with zero attached hydrogens (tertiary/aromatic N) is 4. The van der Waals surface area contributed by atoms with Crippen molar-refractivity contribution in [1.82, 2.24) is 20.0 Å². The highest BCUT2D eigenvalue weighted by atomic mass is 35.5. The van der Waals surface area contributed by atoms with E-state index in [2.05, 4.69) is 20.0 Å². The number of para-hydroxylation sites is 1. The van der Waals surface area contributed by atoms with Crippen LogP contribution in [0.3, 0.4) is 0 Å². The Balaban J connectivity index is 1.37. The summed E-state index contributed by atoms with van der Waals surface area (Å²) >= 11 is 6.08. The maximum atomic E-state index is 6.08. The van der Waals surface area contributed by atoms with E-state index in [1.54, 1.807) is 0 Å². The Bertz CT molecular complexity index is 626. The third kappa shape index (κ3) is 4.67. The highest BCUT2D eigenvalue weighted by Crippen LogP contribution is 2.22. The van der Waals surface area contributed by atoms with Crippen LogP contribution in [0.2, 0.25) is 5.02 Å². The van der Waals surface area contributed by atoms with Crippen LogP contribution in [0.5, 0.6) is 5.75 Å². The number of hydrogen-bond acceptors (Lipinski definition) is 6. The van der Waals surface area contributed by atoms with Crippen molar-refractivity contribution >= 4 is 11.6 Å². The van der Waals surface area contributed by atoms with Gasteiger partial charge in [-0.15, -0.1) is 10.2 Å². The standard InChI is InChI=1S/C16H21ClN4O2/c1-13-18-19-16(23-13)12-21-8-6-20(7-9-21)10-11-22-15-5-3-2-4-14(15)17/h2-5H,6-12H2,1H3. The van der Waals surface area contributed by atoms with Gasteiger partial charge >= 0.3 is 0 Å². The van der Waals surface area contributed by atoms with Crippen LogP contribution in [0.15, 0.2) is 28.7 Å². The fraction of sp³-hybridized carbons (Fsp3) is 0.500. The normalized spacial score (nSPS) is 16.6. The van der Waals surface area contributed by atoms with Crippen molar-refractivity contribution in [2.24, 2.45) is 0 Å². The number of hydrogen-bond donors (Lipinski definition) is 0. The summed E-state index contributed by atoms with van der Waals surface area (Å²) in [4.78, 5) is 4.73. The highest BCUT2D eigenvalue weighted by molar-refractivity contribution is 6.32. The van der Waals surface area contributed by atoms with E-state index in [0.29, 0.717) is 23.4 Å². The first-order chi connectivity index (χ1) is 11.2. The smallest absolute Gasteiger partial charge is 0.230 e. The lowest BCUT2D eigenvalue weighted by molar-refractivity contribution is 0.106. The van der Waals surface area contributed by atoms with E-state index < -0.39 is 0 Å². The highest BCUT2D eigenvalue weighted by Gasteiger charge is 2.18. The fourth-order valence-electron chi connectivity index (χ4n) is 2.61. The molecule has 0 unspecified atom stereocenters. The lowest BCUT2D eigenvalue weighted by Gasteiger charge is -2.33. The van der Waals surface area contributed by atoms with Crippen molar-refractivity contribution in [3.63, 3.8) is 0 Å². The van der Waals surface area contributed by atoms with Gasteiger partial charge in [-0.2, -0.15) is 0 Å². The van der Waals surface area contributed by atoms with Gasteiger partial charge in [-0.3, -0.25) is 9.80 Å². The zero-order valence-electron chi connectivity index (χ0n) is 13.2. The molecule has 1 aliphatic heterocycles. The molecule has 0 atom stereocenters. The van der Waals surface area contributed by atoms with Gasteiger partial charge in [-0.05, 0) is 12.1 Å². The summed E-state index contributed by atoms with van der Waals surface area (Å²) in [7, 11) is 0. The van der Waals surface area contributed by atoms with Crippen molar-refractivity contribution in [3.8, 4) is 5.75 Å². The van der Waals surface area contributed by atoms with Crippen molar-refractivity contribution in [3.05, 3.63) is 41.1 Å². The number of benzene rings is 1. The fourth-order valence-corrected chi connectivity index (χ4v) is 2.80. The summed E-state index contributed by atoms with van der Waals surface area (Å²) in [5.41, 5.74) is 0. The van der Waals surface area contributed by atoms with Crippen molar-refractivity contribution in [2.45, 2.75) is 13.5 Å². The Hall–Kier alpha value is -1.63. The topological polar surface area (TPSA) is 54.6 Å². The van der Waals surface area contributed by atoms with Crippen LogP contribution in [0.4, 0.5) is 0 Å². The first-order valence-electron chi connectivity index (χ1n) is 7.82. The van der Waals surface area contributed by atoms with E-state index in [4.69, 9.17) is 20.8 Å². The third-order valence-electron chi connectivity index (χ3n) is 3.89. The predicted octanol–water partition coefficient (Wildman–Crippen LogP) is 2.23. The van der Waals surface area contributed by atoms with Gasteiger partial charge in [-0.25, -0.2) is 0 Å². The quantitative estimate of drug-likeness (QED) is 0.806. The first kappa shape index (κ1) is 16.2. The molecule has 1 fully saturated rings. The van der Waals surface area contributed by atoms with Gasteiger partial charge in [0.2, 0.25) is 11.8 Å². The molecule has 7 heteroatoms. The predicted molar refractivity (Wildman–Crippen MR) is 87.7 cm³/mol. The molecule has 0 aliphatic carbocycles. The molecule has 1 saturated heterocycles. The number of rotatable bonds is 6. The van der Waals surface area contributed by atoms with Crippen LogP contribution in [0.25, 0.3) is 0 Å². The van der Waals surface area contributed by atoms with E-state index >= 15 is 0 Å². The second-order valence-corrected chi connectivity index (χ2v) is 6.02. The van der Waals surface area contributed by atoms with E-state index in [1.807, 2.05) is 31.2 Å². The molecule has 1 aliphatic rings. The number of aromatic nitrogens is 2. The summed E-state index contributed by atoms with van der Waals surface area (Å²) in [5, 5.41) is 8.57. The van der Waals surface area contributed by atoms with Crippen LogP contribution in [0, 0.1) is 6.92 Å². The zero-order valence-corrected chi connectivity index (χ0v) is 14.0. The summed E-state index contributed by atoms with van der Waals surface area (Å²) < 4.78 is 11.2. The van der Waals surface area contributed by atoms with Gasteiger partial charge in [0.25, 0.3) is 0 Å². The maximum absolute atomic E-state index is 6.08. The van der Waals surface area contributed by atoms with E-state index in [0.717, 1.165) is 45.0 Å². The molecule has 0 radical (unpaired) electrons. The minimum absolute atomic E-state index is 0.621. The molecule has 6 nitrogen and oxygen atoms in total. The Kier molecular flexibility index (Phi) is 5.48. The summed E-state index contributed by atoms with van der Waals surface area (Å²) in [6.45, 7) is 8.10. The van der Waals surface area contributed by atoms with Crippen molar-refractivity contribution < 1.29 is 9.15 Å². The van der Waals surface area contributed by atoms with Gasteiger partial charge < -0.3 is 9.15 Å². The summed E-state index contributed by atoms with van der Waals surface area (Å²) in [6.07, 6.45) is 0. The molecule has 2 heterocycles. The zero-order chi connectivity index (χ0) is 16.1. The molecule has 2 aromatic rings. The SMILES string of the molecule is Cc1nnc(CN2CCN(CCOc3ccccc3Cl)CC2)o1. The molecular formula is C16H21ClN4O2. The van der Waals surface area contributed by atoms with Crippen LogP contribution < -0.4 is 4.74 Å². The third-order valence-corrected chi connectivity index (χ3v) is 4.21. The van der Waals surface area contributed by atoms with Gasteiger partial charge in [0, 0.05) is 39.6 Å².